The fraction of sp³-hybridized carbons (Fsp3) is 0.250. The molecule has 1 heterocycles. The van der Waals surface area contributed by atoms with Gasteiger partial charge in [0.25, 0.3) is 5.91 Å². The molecular formula is C20H22N2O3. The minimum Gasteiger partial charge on any atom is -0.497 e. The summed E-state index contributed by atoms with van der Waals surface area (Å²) in [6, 6.07) is 15.0. The summed E-state index contributed by atoms with van der Waals surface area (Å²) >= 11 is 0. The number of nitrogens with one attached hydrogen (secondary N) is 2. The van der Waals surface area contributed by atoms with Crippen LogP contribution < -0.4 is 10.1 Å². The Morgan fingerprint density at radius 2 is 2.04 bits per heavy atom. The molecule has 3 rings (SSSR count). The lowest BCUT2D eigenvalue weighted by Gasteiger charge is -2.12. The van der Waals surface area contributed by atoms with Crippen molar-refractivity contribution < 1.29 is 14.6 Å². The van der Waals surface area contributed by atoms with Crippen molar-refractivity contribution in [2.75, 3.05) is 13.7 Å². The van der Waals surface area contributed by atoms with Gasteiger partial charge in [-0.15, -0.1) is 0 Å². The molecule has 0 bridgehead atoms. The van der Waals surface area contributed by atoms with Gasteiger partial charge < -0.3 is 20.1 Å². The van der Waals surface area contributed by atoms with Crippen molar-refractivity contribution in [3.05, 3.63) is 65.4 Å². The third kappa shape index (κ3) is 3.67. The molecule has 0 saturated carbocycles. The second-order valence-corrected chi connectivity index (χ2v) is 5.99. The van der Waals surface area contributed by atoms with E-state index in [9.17, 15) is 9.90 Å². The summed E-state index contributed by atoms with van der Waals surface area (Å²) in [7, 11) is 1.55. The number of methoxy groups -OCH3 is 1. The SMILES string of the molecule is COc1cccc([C@@H](O)C(=O)NCCc2c(C)[nH]c3ccccc23)c1. The molecule has 1 amide bonds. The highest BCUT2D eigenvalue weighted by Crippen LogP contribution is 2.22. The number of ether oxygens (including phenoxy) is 1. The zero-order valence-corrected chi connectivity index (χ0v) is 14.4. The maximum absolute atomic E-state index is 12.2. The Balaban J connectivity index is 1.63. The molecule has 0 aliphatic heterocycles. The van der Waals surface area contributed by atoms with Gasteiger partial charge in [-0.2, -0.15) is 0 Å². The lowest BCUT2D eigenvalue weighted by molar-refractivity contribution is -0.129. The molecule has 25 heavy (non-hydrogen) atoms. The number of carbonyl (C=O) groups excluding carboxylic acids is 1. The van der Waals surface area contributed by atoms with Crippen molar-refractivity contribution in [1.29, 1.82) is 0 Å². The van der Waals surface area contributed by atoms with Gasteiger partial charge >= 0.3 is 0 Å². The maximum atomic E-state index is 12.2. The molecule has 3 aromatic rings. The van der Waals surface area contributed by atoms with Gasteiger partial charge in [0.2, 0.25) is 0 Å². The standard InChI is InChI=1S/C20H22N2O3/c1-13-16(17-8-3-4-9-18(17)22-13)10-11-21-20(24)19(23)14-6-5-7-15(12-14)25-2/h3-9,12,19,22-23H,10-11H2,1-2H3,(H,21,24)/t19-/m1/s1. The lowest BCUT2D eigenvalue weighted by Crippen LogP contribution is -2.31. The van der Waals surface area contributed by atoms with Gasteiger partial charge in [0, 0.05) is 23.1 Å². The fourth-order valence-corrected chi connectivity index (χ4v) is 3.03. The van der Waals surface area contributed by atoms with Crippen LogP contribution in [-0.4, -0.2) is 29.7 Å². The first-order valence-corrected chi connectivity index (χ1v) is 8.26. The van der Waals surface area contributed by atoms with Gasteiger partial charge in [0.1, 0.15) is 5.75 Å². The van der Waals surface area contributed by atoms with Crippen molar-refractivity contribution in [3.8, 4) is 5.75 Å². The number of hydrogen-bond donors (Lipinski definition) is 3. The smallest absolute Gasteiger partial charge is 0.253 e. The molecular weight excluding hydrogens is 316 g/mol. The van der Waals surface area contributed by atoms with Crippen LogP contribution in [0.4, 0.5) is 0 Å². The normalized spacial score (nSPS) is 12.1. The number of aliphatic hydroxyl groups excluding tert-OH is 1. The van der Waals surface area contributed by atoms with Crippen molar-refractivity contribution in [2.24, 2.45) is 0 Å². The van der Waals surface area contributed by atoms with Crippen LogP contribution in [0.2, 0.25) is 0 Å². The largest absolute Gasteiger partial charge is 0.497 e. The van der Waals surface area contributed by atoms with Crippen LogP contribution in [0.5, 0.6) is 5.75 Å². The molecule has 2 aromatic carbocycles. The summed E-state index contributed by atoms with van der Waals surface area (Å²) in [5.41, 5.74) is 3.90. The number of amides is 1. The minimum atomic E-state index is -1.21. The average Bonchev–Trinajstić information content (AvgIpc) is 2.96. The van der Waals surface area contributed by atoms with Crippen LogP contribution in [-0.2, 0) is 11.2 Å². The number of benzene rings is 2. The molecule has 0 spiro atoms. The van der Waals surface area contributed by atoms with Crippen molar-refractivity contribution in [2.45, 2.75) is 19.4 Å². The zero-order valence-electron chi connectivity index (χ0n) is 14.4. The second kappa shape index (κ2) is 7.40. The molecule has 0 radical (unpaired) electrons. The number of aryl methyl sites for hydroxylation is 1. The van der Waals surface area contributed by atoms with E-state index in [0.717, 1.165) is 11.2 Å². The molecule has 0 aliphatic rings. The van der Waals surface area contributed by atoms with E-state index in [2.05, 4.69) is 16.4 Å². The number of hydrogen-bond acceptors (Lipinski definition) is 3. The summed E-state index contributed by atoms with van der Waals surface area (Å²) in [6.45, 7) is 2.49. The average molecular weight is 338 g/mol. The fourth-order valence-electron chi connectivity index (χ4n) is 3.03. The number of aliphatic hydroxyl groups is 1. The Bertz CT molecular complexity index is 886. The molecule has 5 heteroatoms. The van der Waals surface area contributed by atoms with Crippen LogP contribution in [0.25, 0.3) is 10.9 Å². The Morgan fingerprint density at radius 3 is 2.84 bits per heavy atom. The summed E-state index contributed by atoms with van der Waals surface area (Å²) in [5.74, 6) is 0.199. The first kappa shape index (κ1) is 17.0. The molecule has 3 N–H and O–H groups in total. The lowest BCUT2D eigenvalue weighted by atomic mass is 10.1. The van der Waals surface area contributed by atoms with Gasteiger partial charge in [-0.3, -0.25) is 4.79 Å². The summed E-state index contributed by atoms with van der Waals surface area (Å²) < 4.78 is 5.12. The van der Waals surface area contributed by atoms with Gasteiger partial charge in [0.15, 0.2) is 6.10 Å². The quantitative estimate of drug-likeness (QED) is 0.647. The monoisotopic (exact) mass is 338 g/mol. The number of H-pyrrole nitrogens is 1. The molecule has 0 unspecified atom stereocenters. The first-order valence-electron chi connectivity index (χ1n) is 8.26. The molecule has 1 aromatic heterocycles. The van der Waals surface area contributed by atoms with E-state index in [0.29, 0.717) is 24.3 Å². The number of aromatic nitrogens is 1. The highest BCUT2D eigenvalue weighted by atomic mass is 16.5. The predicted octanol–water partition coefficient (Wildman–Crippen LogP) is 2.88. The minimum absolute atomic E-state index is 0.411. The van der Waals surface area contributed by atoms with Gasteiger partial charge in [0.05, 0.1) is 7.11 Å². The van der Waals surface area contributed by atoms with E-state index in [1.165, 1.54) is 10.9 Å². The number of rotatable bonds is 6. The summed E-state index contributed by atoms with van der Waals surface area (Å²) in [5, 5.41) is 14.2. The third-order valence-corrected chi connectivity index (χ3v) is 4.36. The maximum Gasteiger partial charge on any atom is 0.253 e. The number of carbonyl (C=O) groups is 1. The number of fused-ring (bicyclic) bond motifs is 1. The van der Waals surface area contributed by atoms with Gasteiger partial charge in [-0.05, 0) is 42.7 Å². The summed E-state index contributed by atoms with van der Waals surface area (Å²) in [6.07, 6.45) is -0.508. The Morgan fingerprint density at radius 1 is 1.24 bits per heavy atom. The summed E-state index contributed by atoms with van der Waals surface area (Å²) in [4.78, 5) is 15.6. The Labute approximate surface area is 146 Å². The molecule has 0 saturated heterocycles. The van der Waals surface area contributed by atoms with E-state index in [1.807, 2.05) is 25.1 Å². The van der Waals surface area contributed by atoms with E-state index in [4.69, 9.17) is 4.74 Å². The van der Waals surface area contributed by atoms with Crippen LogP contribution in [0.1, 0.15) is 22.9 Å². The van der Waals surface area contributed by atoms with Gasteiger partial charge in [-0.1, -0.05) is 30.3 Å². The van der Waals surface area contributed by atoms with Crippen LogP contribution in [0, 0.1) is 6.92 Å². The topological polar surface area (TPSA) is 74.3 Å². The Hall–Kier alpha value is -2.79. The highest BCUT2D eigenvalue weighted by Gasteiger charge is 2.17. The zero-order chi connectivity index (χ0) is 17.8. The molecule has 0 fully saturated rings. The van der Waals surface area contributed by atoms with E-state index in [1.54, 1.807) is 31.4 Å². The second-order valence-electron chi connectivity index (χ2n) is 5.99. The molecule has 0 aliphatic carbocycles. The Kier molecular flexibility index (Phi) is 5.05. The third-order valence-electron chi connectivity index (χ3n) is 4.36. The van der Waals surface area contributed by atoms with Crippen LogP contribution in [0.3, 0.4) is 0 Å². The molecule has 1 atom stereocenters. The first-order chi connectivity index (χ1) is 12.1. The van der Waals surface area contributed by atoms with Crippen molar-refractivity contribution in [3.63, 3.8) is 0 Å². The van der Waals surface area contributed by atoms with E-state index in [-0.39, 0.29) is 0 Å². The van der Waals surface area contributed by atoms with Crippen LogP contribution >= 0.6 is 0 Å². The highest BCUT2D eigenvalue weighted by molar-refractivity contribution is 5.85. The van der Waals surface area contributed by atoms with Crippen molar-refractivity contribution >= 4 is 16.8 Å². The number of aromatic amines is 1. The number of para-hydroxylation sites is 1. The van der Waals surface area contributed by atoms with Crippen LogP contribution in [0.15, 0.2) is 48.5 Å². The molecule has 5 nitrogen and oxygen atoms in total. The van der Waals surface area contributed by atoms with Gasteiger partial charge in [-0.25, -0.2) is 0 Å². The van der Waals surface area contributed by atoms with E-state index < -0.39 is 12.0 Å². The van der Waals surface area contributed by atoms with E-state index >= 15 is 0 Å². The predicted molar refractivity (Wildman–Crippen MR) is 97.7 cm³/mol. The van der Waals surface area contributed by atoms with Crippen molar-refractivity contribution in [1.82, 2.24) is 10.3 Å². The molecule has 130 valence electrons.